The summed E-state index contributed by atoms with van der Waals surface area (Å²) in [4.78, 5) is 13.4. The Hall–Kier alpha value is -2.20. The lowest BCUT2D eigenvalue weighted by Crippen LogP contribution is -2.30. The van der Waals surface area contributed by atoms with E-state index in [-0.39, 0.29) is 15.6 Å². The molecule has 0 unspecified atom stereocenters. The molecule has 0 bridgehead atoms. The zero-order chi connectivity index (χ0) is 20.3. The Bertz CT molecular complexity index is 1070. The molecule has 0 saturated heterocycles. The number of sulfonamides is 1. The minimum absolute atomic E-state index is 0.0445. The molecule has 28 heavy (non-hydrogen) atoms. The first kappa shape index (κ1) is 20.5. The number of nitrogens with zero attached hydrogens (tertiary/aromatic N) is 2. The summed E-state index contributed by atoms with van der Waals surface area (Å²) in [5.41, 5.74) is 1.26. The average Bonchev–Trinajstić information content (AvgIpc) is 3.35. The summed E-state index contributed by atoms with van der Waals surface area (Å²) < 4.78 is 26.8. The number of halogens is 1. The van der Waals surface area contributed by atoms with E-state index in [1.54, 1.807) is 26.0 Å². The van der Waals surface area contributed by atoms with Gasteiger partial charge < -0.3 is 5.32 Å². The molecule has 2 heterocycles. The Labute approximate surface area is 172 Å². The number of aromatic nitrogens is 2. The van der Waals surface area contributed by atoms with Gasteiger partial charge in [0.15, 0.2) is 5.69 Å². The lowest BCUT2D eigenvalue weighted by atomic mass is 10.3. The number of carbonyl (C=O) groups is 1. The number of aromatic amines is 1. The highest BCUT2D eigenvalue weighted by molar-refractivity contribution is 7.89. The van der Waals surface area contributed by atoms with Crippen LogP contribution in [0.25, 0.3) is 10.6 Å². The maximum absolute atomic E-state index is 12.8. The van der Waals surface area contributed by atoms with Gasteiger partial charge in [-0.2, -0.15) is 9.40 Å². The Kier molecular flexibility index (Phi) is 6.19. The van der Waals surface area contributed by atoms with Crippen molar-refractivity contribution < 1.29 is 13.2 Å². The van der Waals surface area contributed by atoms with Crippen molar-refractivity contribution >= 4 is 44.6 Å². The number of amides is 1. The third-order valence-corrected chi connectivity index (χ3v) is 7.54. The van der Waals surface area contributed by atoms with Crippen LogP contribution in [0.15, 0.2) is 46.7 Å². The van der Waals surface area contributed by atoms with E-state index in [2.05, 4.69) is 15.5 Å². The van der Waals surface area contributed by atoms with Crippen LogP contribution in [-0.4, -0.2) is 41.9 Å². The fraction of sp³-hybridized carbons (Fsp3) is 0.222. The van der Waals surface area contributed by atoms with Crippen molar-refractivity contribution in [2.45, 2.75) is 18.7 Å². The number of thiophene rings is 1. The number of H-pyrrole nitrogens is 1. The Balaban J connectivity index is 1.84. The van der Waals surface area contributed by atoms with Crippen molar-refractivity contribution in [3.05, 3.63) is 52.5 Å². The van der Waals surface area contributed by atoms with Gasteiger partial charge in [-0.05, 0) is 35.7 Å². The van der Waals surface area contributed by atoms with Crippen molar-refractivity contribution in [2.75, 3.05) is 18.4 Å². The van der Waals surface area contributed by atoms with Crippen molar-refractivity contribution in [2.24, 2.45) is 0 Å². The number of carbonyl (C=O) groups excluding carboxylic acids is 1. The maximum atomic E-state index is 12.8. The second kappa shape index (κ2) is 8.44. The van der Waals surface area contributed by atoms with Gasteiger partial charge >= 0.3 is 0 Å². The summed E-state index contributed by atoms with van der Waals surface area (Å²) in [5.74, 6) is -0.451. The van der Waals surface area contributed by atoms with E-state index in [0.29, 0.717) is 18.8 Å². The fourth-order valence-electron chi connectivity index (χ4n) is 2.67. The van der Waals surface area contributed by atoms with Crippen LogP contribution in [-0.2, 0) is 10.0 Å². The van der Waals surface area contributed by atoms with Gasteiger partial charge in [0.2, 0.25) is 10.0 Å². The van der Waals surface area contributed by atoms with Crippen LogP contribution in [0.3, 0.4) is 0 Å². The zero-order valence-corrected chi connectivity index (χ0v) is 17.7. The molecule has 10 heteroatoms. The summed E-state index contributed by atoms with van der Waals surface area (Å²) in [6, 6.07) is 9.84. The molecule has 1 aromatic carbocycles. The average molecular weight is 439 g/mol. The second-order valence-electron chi connectivity index (χ2n) is 5.83. The van der Waals surface area contributed by atoms with Crippen LogP contribution < -0.4 is 5.32 Å². The van der Waals surface area contributed by atoms with Crippen LogP contribution in [0.5, 0.6) is 0 Å². The maximum Gasteiger partial charge on any atom is 0.276 e. The molecule has 0 spiro atoms. The molecule has 1 amide bonds. The molecule has 148 valence electrons. The van der Waals surface area contributed by atoms with E-state index < -0.39 is 15.9 Å². The molecule has 7 nitrogen and oxygen atoms in total. The largest absolute Gasteiger partial charge is 0.321 e. The Morgan fingerprint density at radius 2 is 2.00 bits per heavy atom. The zero-order valence-electron chi connectivity index (χ0n) is 15.3. The van der Waals surface area contributed by atoms with Crippen LogP contribution >= 0.6 is 22.9 Å². The molecule has 2 aromatic heterocycles. The normalized spacial score (nSPS) is 11.7. The predicted octanol–water partition coefficient (Wildman–Crippen LogP) is 4.07. The Morgan fingerprint density at radius 3 is 2.64 bits per heavy atom. The highest BCUT2D eigenvalue weighted by Crippen LogP contribution is 2.28. The third-order valence-electron chi connectivity index (χ3n) is 4.11. The minimum atomic E-state index is -3.75. The SMILES string of the molecule is CCN(CC)S(=O)(=O)c1cc(NC(=O)c2cc(-c3cccs3)[nH]n2)ccc1Cl. The van der Waals surface area contributed by atoms with Crippen LogP contribution in [0.2, 0.25) is 5.02 Å². The molecule has 3 aromatic rings. The summed E-state index contributed by atoms with van der Waals surface area (Å²) in [6.45, 7) is 4.15. The molecule has 0 fully saturated rings. The third kappa shape index (κ3) is 4.12. The molecular formula is C18H19ClN4O3S2. The van der Waals surface area contributed by atoms with E-state index in [0.717, 1.165) is 10.6 Å². The number of hydrogen-bond donors (Lipinski definition) is 2. The molecule has 0 aliphatic rings. The highest BCUT2D eigenvalue weighted by atomic mass is 35.5. The van der Waals surface area contributed by atoms with Gasteiger partial charge in [-0.3, -0.25) is 9.89 Å². The summed E-state index contributed by atoms with van der Waals surface area (Å²) in [7, 11) is -3.75. The van der Waals surface area contributed by atoms with Crippen molar-refractivity contribution in [3.8, 4) is 10.6 Å². The van der Waals surface area contributed by atoms with E-state index >= 15 is 0 Å². The summed E-state index contributed by atoms with van der Waals surface area (Å²) in [6.07, 6.45) is 0. The van der Waals surface area contributed by atoms with E-state index in [1.807, 2.05) is 17.5 Å². The van der Waals surface area contributed by atoms with Gasteiger partial charge in [-0.15, -0.1) is 11.3 Å². The van der Waals surface area contributed by atoms with Gasteiger partial charge in [0, 0.05) is 18.8 Å². The molecule has 0 saturated carbocycles. The molecule has 0 atom stereocenters. The van der Waals surface area contributed by atoms with E-state index in [4.69, 9.17) is 11.6 Å². The number of rotatable bonds is 7. The second-order valence-corrected chi connectivity index (χ2v) is 9.09. The Morgan fingerprint density at radius 1 is 1.25 bits per heavy atom. The number of hydrogen-bond acceptors (Lipinski definition) is 5. The van der Waals surface area contributed by atoms with Gasteiger partial charge in [0.25, 0.3) is 5.91 Å². The standard InChI is InChI=1S/C18H19ClN4O3S2/c1-3-23(4-2)28(25,26)17-10-12(7-8-13(17)19)20-18(24)15-11-14(21-22-15)16-6-5-9-27-16/h5-11H,3-4H2,1-2H3,(H,20,24)(H,21,22). The minimum Gasteiger partial charge on any atom is -0.321 e. The van der Waals surface area contributed by atoms with Crippen LogP contribution in [0, 0.1) is 0 Å². The van der Waals surface area contributed by atoms with Gasteiger partial charge in [-0.1, -0.05) is 31.5 Å². The first-order chi connectivity index (χ1) is 13.4. The van der Waals surface area contributed by atoms with Gasteiger partial charge in [0.05, 0.1) is 15.6 Å². The number of benzene rings is 1. The quantitative estimate of drug-likeness (QED) is 0.581. The number of anilines is 1. The van der Waals surface area contributed by atoms with Crippen molar-refractivity contribution in [1.29, 1.82) is 0 Å². The topological polar surface area (TPSA) is 95.2 Å². The summed E-state index contributed by atoms with van der Waals surface area (Å²) in [5, 5.41) is 11.6. The molecule has 0 aliphatic heterocycles. The van der Waals surface area contributed by atoms with Crippen LogP contribution in [0.1, 0.15) is 24.3 Å². The number of nitrogens with one attached hydrogen (secondary N) is 2. The van der Waals surface area contributed by atoms with Gasteiger partial charge in [0.1, 0.15) is 4.90 Å². The molecule has 2 N–H and O–H groups in total. The lowest BCUT2D eigenvalue weighted by Gasteiger charge is -2.19. The predicted molar refractivity (Wildman–Crippen MR) is 111 cm³/mol. The lowest BCUT2D eigenvalue weighted by molar-refractivity contribution is 0.102. The van der Waals surface area contributed by atoms with Crippen LogP contribution in [0.4, 0.5) is 5.69 Å². The first-order valence-electron chi connectivity index (χ1n) is 8.57. The monoisotopic (exact) mass is 438 g/mol. The van der Waals surface area contributed by atoms with E-state index in [1.165, 1.54) is 27.8 Å². The van der Waals surface area contributed by atoms with Crippen molar-refractivity contribution in [3.63, 3.8) is 0 Å². The van der Waals surface area contributed by atoms with Gasteiger partial charge in [-0.25, -0.2) is 8.42 Å². The molecule has 3 rings (SSSR count). The fourth-order valence-corrected chi connectivity index (χ4v) is 5.32. The van der Waals surface area contributed by atoms with E-state index in [9.17, 15) is 13.2 Å². The molecule has 0 radical (unpaired) electrons. The van der Waals surface area contributed by atoms with Crippen molar-refractivity contribution in [1.82, 2.24) is 14.5 Å². The highest BCUT2D eigenvalue weighted by Gasteiger charge is 2.25. The molecule has 0 aliphatic carbocycles. The first-order valence-corrected chi connectivity index (χ1v) is 11.3. The molecular weight excluding hydrogens is 420 g/mol. The summed E-state index contributed by atoms with van der Waals surface area (Å²) >= 11 is 7.65. The smallest absolute Gasteiger partial charge is 0.276 e.